The lowest BCUT2D eigenvalue weighted by molar-refractivity contribution is 0.564. The van der Waals surface area contributed by atoms with Crippen LogP contribution in [0.2, 0.25) is 0 Å². The molecule has 0 N–H and O–H groups in total. The first-order chi connectivity index (χ1) is 8.76. The third kappa shape index (κ3) is 3.22. The van der Waals surface area contributed by atoms with Crippen LogP contribution in [0.5, 0.6) is 0 Å². The molecule has 0 amide bonds. The minimum Gasteiger partial charge on any atom is -0.211 e. The average molecular weight is 240 g/mol. The van der Waals surface area contributed by atoms with Crippen molar-refractivity contribution in [1.82, 2.24) is 0 Å². The largest absolute Gasteiger partial charge is 0.240 e. The van der Waals surface area contributed by atoms with Crippen LogP contribution in [0, 0.1) is 0 Å². The maximum Gasteiger partial charge on any atom is 0.240 e. The van der Waals surface area contributed by atoms with E-state index in [-0.39, 0.29) is 0 Å². The fourth-order valence-electron chi connectivity index (χ4n) is 1.67. The molecular formula is C14H12N2O2. The van der Waals surface area contributed by atoms with E-state index in [0.29, 0.717) is 24.2 Å². The molecule has 0 aliphatic heterocycles. The number of nitrogens with zero attached hydrogens (tertiary/aromatic N) is 2. The monoisotopic (exact) mass is 240 g/mol. The molecule has 0 radical (unpaired) electrons. The normalized spacial score (nSPS) is 8.89. The predicted octanol–water partition coefficient (Wildman–Crippen LogP) is 3.08. The van der Waals surface area contributed by atoms with Gasteiger partial charge in [-0.25, -0.2) is 9.59 Å². The maximum atomic E-state index is 10.5. The molecule has 18 heavy (non-hydrogen) atoms. The van der Waals surface area contributed by atoms with Crippen LogP contribution in [0.15, 0.2) is 47.4 Å². The summed E-state index contributed by atoms with van der Waals surface area (Å²) in [6, 6.07) is 3.35. The van der Waals surface area contributed by atoms with E-state index in [1.807, 2.05) is 0 Å². The van der Waals surface area contributed by atoms with Gasteiger partial charge < -0.3 is 0 Å². The molecular weight excluding hydrogens is 228 g/mol. The van der Waals surface area contributed by atoms with E-state index in [9.17, 15) is 9.59 Å². The van der Waals surface area contributed by atoms with Gasteiger partial charge in [-0.1, -0.05) is 12.2 Å². The summed E-state index contributed by atoms with van der Waals surface area (Å²) in [5, 5.41) is 0. The number of benzene rings is 1. The number of isocyanates is 2. The summed E-state index contributed by atoms with van der Waals surface area (Å²) in [5.41, 5.74) is 2.54. The Morgan fingerprint density at radius 1 is 1.00 bits per heavy atom. The maximum absolute atomic E-state index is 10.5. The molecule has 0 spiro atoms. The first kappa shape index (κ1) is 13.5. The number of rotatable bonds is 6. The molecule has 0 aliphatic carbocycles. The van der Waals surface area contributed by atoms with Gasteiger partial charge in [0.1, 0.15) is 0 Å². The van der Waals surface area contributed by atoms with Crippen LogP contribution in [0.4, 0.5) is 11.4 Å². The average Bonchev–Trinajstić information content (AvgIpc) is 2.34. The van der Waals surface area contributed by atoms with E-state index in [1.165, 1.54) is 12.2 Å². The molecule has 0 aromatic heterocycles. The summed E-state index contributed by atoms with van der Waals surface area (Å²) in [6.45, 7) is 7.28. The summed E-state index contributed by atoms with van der Waals surface area (Å²) < 4.78 is 0. The first-order valence-electron chi connectivity index (χ1n) is 5.30. The lowest BCUT2D eigenvalue weighted by Crippen LogP contribution is -1.90. The minimum atomic E-state index is 0.476. The minimum absolute atomic E-state index is 0.476. The lowest BCUT2D eigenvalue weighted by atomic mass is 10.0. The molecule has 0 fully saturated rings. The van der Waals surface area contributed by atoms with Gasteiger partial charge in [-0.3, -0.25) is 0 Å². The summed E-state index contributed by atoms with van der Waals surface area (Å²) in [7, 11) is 0. The highest BCUT2D eigenvalue weighted by molar-refractivity contribution is 5.66. The zero-order chi connectivity index (χ0) is 13.4. The van der Waals surface area contributed by atoms with Crippen molar-refractivity contribution in [3.63, 3.8) is 0 Å². The van der Waals surface area contributed by atoms with Crippen molar-refractivity contribution >= 4 is 23.5 Å². The first-order valence-corrected chi connectivity index (χ1v) is 5.30. The molecule has 0 heterocycles. The highest BCUT2D eigenvalue weighted by atomic mass is 16.1. The summed E-state index contributed by atoms with van der Waals surface area (Å²) in [6.07, 6.45) is 7.43. The van der Waals surface area contributed by atoms with E-state index in [2.05, 4.69) is 23.1 Å². The number of hydrogen-bond donors (Lipinski definition) is 0. The SMILES string of the molecule is C=CCc1cc(N=C=O)cc(CC=C)c1N=C=O. The van der Waals surface area contributed by atoms with E-state index < -0.39 is 0 Å². The van der Waals surface area contributed by atoms with Crippen LogP contribution in [-0.2, 0) is 22.4 Å². The second-order valence-corrected chi connectivity index (χ2v) is 3.50. The van der Waals surface area contributed by atoms with E-state index in [1.54, 1.807) is 24.3 Å². The number of aliphatic imine (C=N–C) groups is 2. The van der Waals surface area contributed by atoms with Crippen molar-refractivity contribution in [3.05, 3.63) is 48.6 Å². The third-order valence-corrected chi connectivity index (χ3v) is 2.31. The van der Waals surface area contributed by atoms with Gasteiger partial charge in [0.2, 0.25) is 12.2 Å². The molecule has 4 nitrogen and oxygen atoms in total. The molecule has 0 saturated heterocycles. The van der Waals surface area contributed by atoms with Crippen LogP contribution >= 0.6 is 0 Å². The van der Waals surface area contributed by atoms with Gasteiger partial charge in [-0.15, -0.1) is 13.2 Å². The van der Waals surface area contributed by atoms with E-state index >= 15 is 0 Å². The molecule has 1 aromatic rings. The predicted molar refractivity (Wildman–Crippen MR) is 69.8 cm³/mol. The van der Waals surface area contributed by atoms with Gasteiger partial charge in [0.15, 0.2) is 0 Å². The second kappa shape index (κ2) is 6.92. The Hall–Kier alpha value is -2.54. The van der Waals surface area contributed by atoms with Gasteiger partial charge in [-0.05, 0) is 36.1 Å². The van der Waals surface area contributed by atoms with Crippen LogP contribution in [0.25, 0.3) is 0 Å². The molecule has 0 unspecified atom stereocenters. The number of carbonyl (C=O) groups excluding carboxylic acids is 2. The Morgan fingerprint density at radius 2 is 1.50 bits per heavy atom. The summed E-state index contributed by atoms with van der Waals surface area (Å²) in [5.74, 6) is 0. The fourth-order valence-corrected chi connectivity index (χ4v) is 1.67. The van der Waals surface area contributed by atoms with Crippen molar-refractivity contribution in [3.8, 4) is 0 Å². The van der Waals surface area contributed by atoms with Crippen molar-refractivity contribution in [1.29, 1.82) is 0 Å². The second-order valence-electron chi connectivity index (χ2n) is 3.50. The fraction of sp³-hybridized carbons (Fsp3) is 0.143. The van der Waals surface area contributed by atoms with E-state index in [4.69, 9.17) is 0 Å². The Kier molecular flexibility index (Phi) is 5.20. The smallest absolute Gasteiger partial charge is 0.211 e. The number of allylic oxidation sites excluding steroid dienone is 2. The van der Waals surface area contributed by atoms with Crippen LogP contribution < -0.4 is 0 Å². The summed E-state index contributed by atoms with van der Waals surface area (Å²) >= 11 is 0. The van der Waals surface area contributed by atoms with Gasteiger partial charge in [0, 0.05) is 0 Å². The molecule has 90 valence electrons. The van der Waals surface area contributed by atoms with Gasteiger partial charge in [0.05, 0.1) is 11.4 Å². The van der Waals surface area contributed by atoms with Crippen molar-refractivity contribution < 1.29 is 9.59 Å². The van der Waals surface area contributed by atoms with Gasteiger partial charge >= 0.3 is 0 Å². The van der Waals surface area contributed by atoms with Crippen LogP contribution in [-0.4, -0.2) is 12.2 Å². The third-order valence-electron chi connectivity index (χ3n) is 2.31. The molecule has 1 aromatic carbocycles. The molecule has 4 heteroatoms. The van der Waals surface area contributed by atoms with Crippen molar-refractivity contribution in [2.24, 2.45) is 9.98 Å². The van der Waals surface area contributed by atoms with Gasteiger partial charge in [-0.2, -0.15) is 9.98 Å². The Labute approximate surface area is 105 Å². The number of hydrogen-bond acceptors (Lipinski definition) is 4. The van der Waals surface area contributed by atoms with Gasteiger partial charge in [0.25, 0.3) is 0 Å². The molecule has 0 saturated carbocycles. The highest BCUT2D eigenvalue weighted by Crippen LogP contribution is 2.31. The van der Waals surface area contributed by atoms with Crippen LogP contribution in [0.1, 0.15) is 11.1 Å². The zero-order valence-electron chi connectivity index (χ0n) is 9.85. The summed E-state index contributed by atoms with van der Waals surface area (Å²) in [4.78, 5) is 28.1. The van der Waals surface area contributed by atoms with Crippen molar-refractivity contribution in [2.75, 3.05) is 0 Å². The Morgan fingerprint density at radius 3 is 1.89 bits per heavy atom. The molecule has 0 atom stereocenters. The molecule has 0 aliphatic rings. The van der Waals surface area contributed by atoms with Crippen molar-refractivity contribution in [2.45, 2.75) is 12.8 Å². The quantitative estimate of drug-likeness (QED) is 0.436. The van der Waals surface area contributed by atoms with Crippen LogP contribution in [0.3, 0.4) is 0 Å². The Balaban J connectivity index is 3.51. The molecule has 0 bridgehead atoms. The highest BCUT2D eigenvalue weighted by Gasteiger charge is 2.09. The zero-order valence-corrected chi connectivity index (χ0v) is 9.85. The lowest BCUT2D eigenvalue weighted by Gasteiger charge is -2.08. The standard InChI is InChI=1S/C14H12N2O2/c1-3-5-11-7-13(15-9-17)8-12(6-4-2)14(11)16-10-18/h3-4,7-8H,1-2,5-6H2. The van der Waals surface area contributed by atoms with E-state index in [0.717, 1.165) is 11.1 Å². The topological polar surface area (TPSA) is 58.9 Å². The molecule has 1 rings (SSSR count). The Bertz CT molecular complexity index is 532.